The van der Waals surface area contributed by atoms with Crippen molar-refractivity contribution in [1.82, 2.24) is 10.3 Å². The Balaban J connectivity index is 0.00000450. The first-order valence-electron chi connectivity index (χ1n) is 9.20. The maximum atomic E-state index is 12.6. The number of sulfonamides is 1. The summed E-state index contributed by atoms with van der Waals surface area (Å²) in [6, 6.07) is 8.75. The first-order chi connectivity index (χ1) is 14.0. The van der Waals surface area contributed by atoms with E-state index in [9.17, 15) is 12.8 Å². The number of methoxy groups -OCH3 is 1. The summed E-state index contributed by atoms with van der Waals surface area (Å²) in [7, 11) is -2.48. The van der Waals surface area contributed by atoms with Gasteiger partial charge in [-0.1, -0.05) is 6.92 Å². The van der Waals surface area contributed by atoms with Crippen LogP contribution in [0.2, 0.25) is 0 Å². The van der Waals surface area contributed by atoms with E-state index in [2.05, 4.69) is 21.9 Å². The molecule has 0 aliphatic carbocycles. The lowest BCUT2D eigenvalue weighted by Gasteiger charge is -2.13. The van der Waals surface area contributed by atoms with E-state index in [-0.39, 0.29) is 35.5 Å². The predicted molar refractivity (Wildman–Crippen MR) is 115 cm³/mol. The van der Waals surface area contributed by atoms with Crippen molar-refractivity contribution in [3.63, 3.8) is 0 Å². The highest BCUT2D eigenvalue weighted by Gasteiger charge is 2.18. The van der Waals surface area contributed by atoms with E-state index in [4.69, 9.17) is 14.2 Å². The van der Waals surface area contributed by atoms with Gasteiger partial charge in [-0.25, -0.2) is 12.8 Å². The topological polar surface area (TPSA) is 98.8 Å². The fourth-order valence-corrected chi connectivity index (χ4v) is 3.40. The zero-order valence-electron chi connectivity index (χ0n) is 16.9. The highest BCUT2D eigenvalue weighted by atomic mass is 35.5. The Hall–Kier alpha value is -2.30. The molecule has 1 aromatic heterocycles. The Bertz CT molecular complexity index is 869. The van der Waals surface area contributed by atoms with Crippen molar-refractivity contribution in [1.29, 1.82) is 0 Å². The van der Waals surface area contributed by atoms with E-state index in [1.165, 1.54) is 37.4 Å². The lowest BCUT2D eigenvalue weighted by molar-refractivity contribution is 0.273. The molecule has 0 saturated heterocycles. The number of hydrogen-bond donors (Lipinski definition) is 2. The van der Waals surface area contributed by atoms with Crippen molar-refractivity contribution in [3.8, 4) is 17.5 Å². The Morgan fingerprint density at radius 2 is 1.77 bits per heavy atom. The molecule has 0 saturated carbocycles. The molecule has 0 atom stereocenters. The van der Waals surface area contributed by atoms with Crippen molar-refractivity contribution in [3.05, 3.63) is 36.4 Å². The van der Waals surface area contributed by atoms with Crippen LogP contribution < -0.4 is 24.2 Å². The van der Waals surface area contributed by atoms with Gasteiger partial charge in [-0.15, -0.1) is 12.4 Å². The second kappa shape index (κ2) is 13.1. The molecule has 2 N–H and O–H groups in total. The summed E-state index contributed by atoms with van der Waals surface area (Å²) in [5.74, 6) is 0.809. The fraction of sp³-hybridized carbons (Fsp3) is 0.421. The van der Waals surface area contributed by atoms with E-state index in [1.807, 2.05) is 0 Å². The van der Waals surface area contributed by atoms with Gasteiger partial charge in [-0.3, -0.25) is 4.72 Å². The van der Waals surface area contributed by atoms with Gasteiger partial charge in [-0.2, -0.15) is 4.98 Å². The van der Waals surface area contributed by atoms with E-state index >= 15 is 0 Å². The summed E-state index contributed by atoms with van der Waals surface area (Å²) < 4.78 is 55.7. The molecule has 11 heteroatoms. The van der Waals surface area contributed by atoms with Gasteiger partial charge >= 0.3 is 0 Å². The number of anilines is 1. The summed E-state index contributed by atoms with van der Waals surface area (Å²) in [6.45, 7) is 3.38. The molecule has 0 spiro atoms. The Kier molecular flexibility index (Phi) is 11.2. The molecular formula is C19H27ClFN3O5S. The van der Waals surface area contributed by atoms with Crippen molar-refractivity contribution < 1.29 is 27.0 Å². The van der Waals surface area contributed by atoms with Crippen LogP contribution in [0.15, 0.2) is 41.3 Å². The Morgan fingerprint density at radius 3 is 2.40 bits per heavy atom. The summed E-state index contributed by atoms with van der Waals surface area (Å²) >= 11 is 0. The minimum absolute atomic E-state index is 0. The number of halogens is 2. The summed E-state index contributed by atoms with van der Waals surface area (Å²) in [5, 5.41) is 3.21. The van der Waals surface area contributed by atoms with Crippen LogP contribution in [0.5, 0.6) is 17.5 Å². The van der Waals surface area contributed by atoms with E-state index in [1.54, 1.807) is 6.07 Å². The highest BCUT2D eigenvalue weighted by Crippen LogP contribution is 2.28. The maximum absolute atomic E-state index is 12.6. The first kappa shape index (κ1) is 25.7. The maximum Gasteiger partial charge on any atom is 0.262 e. The van der Waals surface area contributed by atoms with Crippen LogP contribution in [0.25, 0.3) is 0 Å². The van der Waals surface area contributed by atoms with Gasteiger partial charge in [0.05, 0.1) is 12.0 Å². The molecule has 168 valence electrons. The van der Waals surface area contributed by atoms with Gasteiger partial charge in [0.1, 0.15) is 31.3 Å². The molecule has 0 aliphatic heterocycles. The second-order valence-electron chi connectivity index (χ2n) is 5.92. The summed E-state index contributed by atoms with van der Waals surface area (Å²) in [6.07, 6.45) is 1.04. The van der Waals surface area contributed by atoms with Crippen molar-refractivity contribution in [2.24, 2.45) is 0 Å². The predicted octanol–water partition coefficient (Wildman–Crippen LogP) is 3.04. The van der Waals surface area contributed by atoms with E-state index < -0.39 is 16.7 Å². The van der Waals surface area contributed by atoms with Crippen molar-refractivity contribution >= 4 is 28.1 Å². The summed E-state index contributed by atoms with van der Waals surface area (Å²) in [4.78, 5) is 4.20. The quantitative estimate of drug-likeness (QED) is 0.440. The van der Waals surface area contributed by atoms with Gasteiger partial charge in [0.25, 0.3) is 10.0 Å². The average molecular weight is 464 g/mol. The number of rotatable bonds is 13. The molecule has 2 rings (SSSR count). The molecule has 0 radical (unpaired) electrons. The van der Waals surface area contributed by atoms with Gasteiger partial charge in [0.15, 0.2) is 0 Å². The molecule has 0 unspecified atom stereocenters. The standard InChI is InChI=1S/C19H26FN3O5S.ClH/c1-3-11-21-12-14-28-18-9-8-17(19(22-18)26-2)23-29(24,25)16-6-4-15(5-7-16)27-13-10-20;/h4-9,21,23H,3,10-14H2,1-2H3;1H. The highest BCUT2D eigenvalue weighted by molar-refractivity contribution is 7.92. The van der Waals surface area contributed by atoms with Crippen LogP contribution >= 0.6 is 12.4 Å². The Labute approximate surface area is 182 Å². The van der Waals surface area contributed by atoms with Crippen LogP contribution in [-0.2, 0) is 10.0 Å². The van der Waals surface area contributed by atoms with Crippen LogP contribution in [0.4, 0.5) is 10.1 Å². The van der Waals surface area contributed by atoms with Crippen LogP contribution in [-0.4, -0.2) is 53.5 Å². The van der Waals surface area contributed by atoms with Crippen LogP contribution in [0.1, 0.15) is 13.3 Å². The van der Waals surface area contributed by atoms with Gasteiger partial charge in [-0.05, 0) is 43.3 Å². The SMILES string of the molecule is CCCNCCOc1ccc(NS(=O)(=O)c2ccc(OCCF)cc2)c(OC)n1.Cl. The largest absolute Gasteiger partial charge is 0.491 e. The first-order valence-corrected chi connectivity index (χ1v) is 10.7. The lowest BCUT2D eigenvalue weighted by atomic mass is 10.3. The normalized spacial score (nSPS) is 10.8. The number of ether oxygens (including phenoxy) is 3. The summed E-state index contributed by atoms with van der Waals surface area (Å²) in [5.41, 5.74) is 0.182. The number of pyridine rings is 1. The number of nitrogens with one attached hydrogen (secondary N) is 2. The molecule has 8 nitrogen and oxygen atoms in total. The van der Waals surface area contributed by atoms with Crippen molar-refractivity contribution in [2.75, 3.05) is 44.8 Å². The Morgan fingerprint density at radius 1 is 1.03 bits per heavy atom. The third kappa shape index (κ3) is 7.85. The number of alkyl halides is 1. The fourth-order valence-electron chi connectivity index (χ4n) is 2.34. The molecule has 0 aliphatic rings. The molecular weight excluding hydrogens is 437 g/mol. The minimum atomic E-state index is -3.87. The number of nitrogens with zero attached hydrogens (tertiary/aromatic N) is 1. The molecule has 1 aromatic carbocycles. The van der Waals surface area contributed by atoms with Gasteiger partial charge in [0, 0.05) is 12.6 Å². The number of hydrogen-bond acceptors (Lipinski definition) is 7. The number of aromatic nitrogens is 1. The van der Waals surface area contributed by atoms with E-state index in [0.29, 0.717) is 24.8 Å². The second-order valence-corrected chi connectivity index (χ2v) is 7.60. The van der Waals surface area contributed by atoms with Gasteiger partial charge in [0.2, 0.25) is 11.8 Å². The zero-order valence-corrected chi connectivity index (χ0v) is 18.5. The van der Waals surface area contributed by atoms with E-state index in [0.717, 1.165) is 13.0 Å². The average Bonchev–Trinajstić information content (AvgIpc) is 2.73. The minimum Gasteiger partial charge on any atom is -0.491 e. The molecule has 0 amide bonds. The molecule has 30 heavy (non-hydrogen) atoms. The lowest BCUT2D eigenvalue weighted by Crippen LogP contribution is -2.21. The third-order valence-corrected chi connectivity index (χ3v) is 5.09. The van der Waals surface area contributed by atoms with Crippen LogP contribution in [0.3, 0.4) is 0 Å². The third-order valence-electron chi connectivity index (χ3n) is 3.71. The zero-order chi connectivity index (χ0) is 21.1. The molecule has 1 heterocycles. The molecule has 2 aromatic rings. The molecule has 0 bridgehead atoms. The smallest absolute Gasteiger partial charge is 0.262 e. The monoisotopic (exact) mass is 463 g/mol. The van der Waals surface area contributed by atoms with Crippen LogP contribution in [0, 0.1) is 0 Å². The number of benzene rings is 1. The van der Waals surface area contributed by atoms with Crippen molar-refractivity contribution in [2.45, 2.75) is 18.2 Å². The molecule has 0 fully saturated rings. The van der Waals surface area contributed by atoms with Gasteiger partial charge < -0.3 is 19.5 Å².